The average molecular weight is 434 g/mol. The number of halogens is 2. The highest BCUT2D eigenvalue weighted by Gasteiger charge is 2.30. The van der Waals surface area contributed by atoms with Gasteiger partial charge in [0.25, 0.3) is 0 Å². The number of methoxy groups -OCH3 is 1. The molecule has 0 radical (unpaired) electrons. The minimum Gasteiger partial charge on any atom is -0.494 e. The van der Waals surface area contributed by atoms with E-state index in [1.54, 1.807) is 35.2 Å². The topological polar surface area (TPSA) is 70.7 Å². The number of urea groups is 1. The first kappa shape index (κ1) is 21.9. The smallest absolute Gasteiger partial charge is 0.321 e. The highest BCUT2D eigenvalue weighted by Crippen LogP contribution is 2.27. The van der Waals surface area contributed by atoms with Gasteiger partial charge in [0.1, 0.15) is 0 Å². The molecule has 2 aromatic rings. The fourth-order valence-corrected chi connectivity index (χ4v) is 3.68. The molecular weight excluding hydrogens is 409 g/mol. The number of hydrogen-bond acceptors (Lipinski definition) is 3. The number of piperidine rings is 1. The Balaban J connectivity index is 1.50. The van der Waals surface area contributed by atoms with E-state index < -0.39 is 5.82 Å². The van der Waals surface area contributed by atoms with E-state index in [1.807, 2.05) is 6.92 Å². The lowest BCUT2D eigenvalue weighted by atomic mass is 9.85. The number of ether oxygens (including phenoxy) is 1. The van der Waals surface area contributed by atoms with Crippen molar-refractivity contribution < 1.29 is 18.7 Å². The zero-order chi connectivity index (χ0) is 21.7. The molecule has 0 aromatic heterocycles. The van der Waals surface area contributed by atoms with Crippen LogP contribution in [-0.2, 0) is 4.79 Å². The lowest BCUT2D eigenvalue weighted by Gasteiger charge is -2.34. The van der Waals surface area contributed by atoms with Crippen LogP contribution in [0.25, 0.3) is 0 Å². The standard InChI is InChI=1S/C22H25ClFN3O3/c1-14(21(28)25-18-7-8-20(30-2)19(24)13-18)15-9-11-27(12-10-15)22(29)26-17-5-3-16(23)4-6-17/h3-8,13-15H,9-12H2,1-2H3,(H,25,28)(H,26,29)/t14-/m1/s1. The number of anilines is 2. The van der Waals surface area contributed by atoms with E-state index >= 15 is 0 Å². The lowest BCUT2D eigenvalue weighted by Crippen LogP contribution is -2.43. The molecule has 2 N–H and O–H groups in total. The molecule has 0 unspecified atom stereocenters. The molecule has 1 atom stereocenters. The summed E-state index contributed by atoms with van der Waals surface area (Å²) in [5.41, 5.74) is 1.08. The van der Waals surface area contributed by atoms with E-state index in [0.29, 0.717) is 29.5 Å². The summed E-state index contributed by atoms with van der Waals surface area (Å²) in [6, 6.07) is 11.1. The fourth-order valence-electron chi connectivity index (χ4n) is 3.55. The first-order chi connectivity index (χ1) is 14.4. The van der Waals surface area contributed by atoms with Gasteiger partial charge in [-0.1, -0.05) is 18.5 Å². The molecule has 30 heavy (non-hydrogen) atoms. The van der Waals surface area contributed by atoms with Crippen molar-refractivity contribution >= 4 is 34.9 Å². The molecule has 1 heterocycles. The second-order valence-corrected chi connectivity index (χ2v) is 7.83. The number of hydrogen-bond donors (Lipinski definition) is 2. The van der Waals surface area contributed by atoms with Crippen molar-refractivity contribution in [2.75, 3.05) is 30.8 Å². The van der Waals surface area contributed by atoms with Gasteiger partial charge in [-0.15, -0.1) is 0 Å². The first-order valence-electron chi connectivity index (χ1n) is 9.83. The maximum atomic E-state index is 13.8. The van der Waals surface area contributed by atoms with Crippen molar-refractivity contribution in [1.82, 2.24) is 4.90 Å². The summed E-state index contributed by atoms with van der Waals surface area (Å²) in [7, 11) is 1.39. The van der Waals surface area contributed by atoms with Crippen molar-refractivity contribution in [2.24, 2.45) is 11.8 Å². The molecule has 1 saturated heterocycles. The number of nitrogens with zero attached hydrogens (tertiary/aromatic N) is 1. The van der Waals surface area contributed by atoms with Crippen LogP contribution in [0.15, 0.2) is 42.5 Å². The average Bonchev–Trinajstić information content (AvgIpc) is 2.75. The van der Waals surface area contributed by atoms with E-state index in [-0.39, 0.29) is 29.5 Å². The van der Waals surface area contributed by atoms with Crippen LogP contribution < -0.4 is 15.4 Å². The van der Waals surface area contributed by atoms with Gasteiger partial charge in [0.2, 0.25) is 5.91 Å². The van der Waals surface area contributed by atoms with Crippen LogP contribution in [-0.4, -0.2) is 37.0 Å². The molecule has 6 nitrogen and oxygen atoms in total. The molecule has 0 spiro atoms. The van der Waals surface area contributed by atoms with Crippen LogP contribution in [0, 0.1) is 17.7 Å². The Bertz CT molecular complexity index is 899. The van der Waals surface area contributed by atoms with E-state index in [0.717, 1.165) is 12.8 Å². The predicted molar refractivity (Wildman–Crippen MR) is 116 cm³/mol. The van der Waals surface area contributed by atoms with Gasteiger partial charge in [0.05, 0.1) is 7.11 Å². The number of carbonyl (C=O) groups excluding carboxylic acids is 2. The lowest BCUT2D eigenvalue weighted by molar-refractivity contribution is -0.121. The molecule has 0 saturated carbocycles. The second-order valence-electron chi connectivity index (χ2n) is 7.39. The number of nitrogens with one attached hydrogen (secondary N) is 2. The number of benzene rings is 2. The zero-order valence-electron chi connectivity index (χ0n) is 17.0. The molecule has 3 amide bonds. The van der Waals surface area contributed by atoms with Crippen LogP contribution in [0.2, 0.25) is 5.02 Å². The van der Waals surface area contributed by atoms with E-state index in [2.05, 4.69) is 10.6 Å². The van der Waals surface area contributed by atoms with E-state index in [1.165, 1.54) is 19.2 Å². The van der Waals surface area contributed by atoms with Crippen LogP contribution >= 0.6 is 11.6 Å². The summed E-state index contributed by atoms with van der Waals surface area (Å²) < 4.78 is 18.7. The van der Waals surface area contributed by atoms with Crippen LogP contribution in [0.4, 0.5) is 20.6 Å². The highest BCUT2D eigenvalue weighted by atomic mass is 35.5. The summed E-state index contributed by atoms with van der Waals surface area (Å²) in [5, 5.41) is 6.23. The molecule has 2 aromatic carbocycles. The van der Waals surface area contributed by atoms with Gasteiger partial charge in [-0.25, -0.2) is 9.18 Å². The van der Waals surface area contributed by atoms with Gasteiger partial charge >= 0.3 is 6.03 Å². The molecule has 160 valence electrons. The van der Waals surface area contributed by atoms with Gasteiger partial charge < -0.3 is 20.3 Å². The molecule has 1 fully saturated rings. The Morgan fingerprint density at radius 1 is 1.10 bits per heavy atom. The summed E-state index contributed by atoms with van der Waals surface area (Å²) in [5.74, 6) is -0.666. The number of rotatable bonds is 5. The quantitative estimate of drug-likeness (QED) is 0.696. The third-order valence-electron chi connectivity index (χ3n) is 5.46. The molecule has 1 aliphatic heterocycles. The van der Waals surface area contributed by atoms with Crippen molar-refractivity contribution in [1.29, 1.82) is 0 Å². The van der Waals surface area contributed by atoms with E-state index in [9.17, 15) is 14.0 Å². The Hall–Kier alpha value is -2.80. The van der Waals surface area contributed by atoms with Crippen molar-refractivity contribution in [3.63, 3.8) is 0 Å². The SMILES string of the molecule is COc1ccc(NC(=O)[C@H](C)C2CCN(C(=O)Nc3ccc(Cl)cc3)CC2)cc1F. The summed E-state index contributed by atoms with van der Waals surface area (Å²) in [6.07, 6.45) is 1.44. The van der Waals surface area contributed by atoms with Crippen LogP contribution in [0.3, 0.4) is 0 Å². The van der Waals surface area contributed by atoms with Gasteiger partial charge in [-0.2, -0.15) is 0 Å². The highest BCUT2D eigenvalue weighted by molar-refractivity contribution is 6.30. The van der Waals surface area contributed by atoms with E-state index in [4.69, 9.17) is 16.3 Å². The first-order valence-corrected chi connectivity index (χ1v) is 10.2. The third kappa shape index (κ3) is 5.42. The maximum Gasteiger partial charge on any atom is 0.321 e. The predicted octanol–water partition coefficient (Wildman–Crippen LogP) is 5.01. The zero-order valence-corrected chi connectivity index (χ0v) is 17.7. The van der Waals surface area contributed by atoms with Gasteiger partial charge in [-0.05, 0) is 55.2 Å². The molecular formula is C22H25ClFN3O3. The monoisotopic (exact) mass is 433 g/mol. The van der Waals surface area contributed by atoms with Gasteiger partial charge in [0.15, 0.2) is 11.6 Å². The van der Waals surface area contributed by atoms with Crippen molar-refractivity contribution in [3.05, 3.63) is 53.3 Å². The normalized spacial score (nSPS) is 15.4. The minimum absolute atomic E-state index is 0.130. The van der Waals surface area contributed by atoms with Crippen LogP contribution in [0.5, 0.6) is 5.75 Å². The number of amides is 3. The third-order valence-corrected chi connectivity index (χ3v) is 5.71. The molecule has 0 aliphatic carbocycles. The van der Waals surface area contributed by atoms with Crippen molar-refractivity contribution in [3.8, 4) is 5.75 Å². The van der Waals surface area contributed by atoms with Gasteiger partial charge in [-0.3, -0.25) is 4.79 Å². The fraction of sp³-hybridized carbons (Fsp3) is 0.364. The molecule has 3 rings (SSSR count). The Morgan fingerprint density at radius 2 is 1.73 bits per heavy atom. The number of likely N-dealkylation sites (tertiary alicyclic amines) is 1. The van der Waals surface area contributed by atoms with Crippen LogP contribution in [0.1, 0.15) is 19.8 Å². The maximum absolute atomic E-state index is 13.8. The van der Waals surface area contributed by atoms with Crippen molar-refractivity contribution in [2.45, 2.75) is 19.8 Å². The Labute approximate surface area is 180 Å². The minimum atomic E-state index is -0.525. The van der Waals surface area contributed by atoms with Gasteiger partial charge in [0, 0.05) is 41.5 Å². The summed E-state index contributed by atoms with van der Waals surface area (Å²) in [4.78, 5) is 26.8. The Morgan fingerprint density at radius 3 is 2.33 bits per heavy atom. The summed E-state index contributed by atoms with van der Waals surface area (Å²) >= 11 is 5.86. The Kier molecular flexibility index (Phi) is 7.15. The molecule has 1 aliphatic rings. The number of carbonyl (C=O) groups is 2. The molecule has 0 bridgehead atoms. The second kappa shape index (κ2) is 9.80. The largest absolute Gasteiger partial charge is 0.494 e. The molecule has 8 heteroatoms. The summed E-state index contributed by atoms with van der Waals surface area (Å²) in [6.45, 7) is 3.00.